The predicted octanol–water partition coefficient (Wildman–Crippen LogP) is 3.34. The van der Waals surface area contributed by atoms with Gasteiger partial charge in [-0.25, -0.2) is 9.37 Å². The third-order valence-electron chi connectivity index (χ3n) is 4.42. The second-order valence-electron chi connectivity index (χ2n) is 5.37. The number of aromatic nitrogens is 2. The van der Waals surface area contributed by atoms with Crippen molar-refractivity contribution in [3.05, 3.63) is 24.0 Å². The Hall–Kier alpha value is -1.58. The number of nitrogens with zero attached hydrogens (tertiary/aromatic N) is 2. The van der Waals surface area contributed by atoms with Crippen LogP contribution in [0.5, 0.6) is 0 Å². The quantitative estimate of drug-likeness (QED) is 0.904. The molecule has 2 aromatic rings. The Morgan fingerprint density at radius 1 is 1.44 bits per heavy atom. The van der Waals surface area contributed by atoms with Crippen LogP contribution in [0.3, 0.4) is 0 Å². The van der Waals surface area contributed by atoms with Gasteiger partial charge in [-0.3, -0.25) is 0 Å². The van der Waals surface area contributed by atoms with Gasteiger partial charge in [0.05, 0.1) is 5.52 Å². The second-order valence-corrected chi connectivity index (χ2v) is 5.37. The highest BCUT2D eigenvalue weighted by Crippen LogP contribution is 2.46. The number of anilines is 1. The molecule has 0 atom stereocenters. The van der Waals surface area contributed by atoms with Gasteiger partial charge in [0.15, 0.2) is 5.82 Å². The van der Waals surface area contributed by atoms with Crippen molar-refractivity contribution >= 4 is 17.0 Å². The number of fused-ring (bicyclic) bond motifs is 1. The number of nitrogens with two attached hydrogens (primary N) is 1. The number of hydrogen-bond acceptors (Lipinski definition) is 2. The van der Waals surface area contributed by atoms with Crippen LogP contribution in [0.25, 0.3) is 11.0 Å². The zero-order valence-corrected chi connectivity index (χ0v) is 10.6. The first kappa shape index (κ1) is 11.5. The molecule has 0 bridgehead atoms. The molecule has 1 aromatic heterocycles. The van der Waals surface area contributed by atoms with Crippen molar-refractivity contribution in [3.8, 4) is 0 Å². The van der Waals surface area contributed by atoms with Crippen molar-refractivity contribution < 1.29 is 4.39 Å². The average Bonchev–Trinajstić information content (AvgIpc) is 2.62. The van der Waals surface area contributed by atoms with Gasteiger partial charge in [-0.2, -0.15) is 0 Å². The van der Waals surface area contributed by atoms with E-state index >= 15 is 0 Å². The minimum absolute atomic E-state index is 0.294. The molecule has 1 aliphatic rings. The lowest BCUT2D eigenvalue weighted by Crippen LogP contribution is -2.33. The Morgan fingerprint density at radius 2 is 2.22 bits per heavy atom. The summed E-state index contributed by atoms with van der Waals surface area (Å²) in [6, 6.07) is 5.04. The molecular formula is C14H18FN3. The van der Waals surface area contributed by atoms with E-state index in [0.717, 1.165) is 18.5 Å². The first-order chi connectivity index (χ1) is 8.65. The number of rotatable bonds is 3. The summed E-state index contributed by atoms with van der Waals surface area (Å²) in [6.07, 6.45) is 4.89. The number of benzene rings is 1. The summed E-state index contributed by atoms with van der Waals surface area (Å²) >= 11 is 0. The highest BCUT2D eigenvalue weighted by atomic mass is 19.1. The van der Waals surface area contributed by atoms with E-state index in [1.165, 1.54) is 25.3 Å². The summed E-state index contributed by atoms with van der Waals surface area (Å²) in [5.41, 5.74) is 7.49. The number of halogens is 1. The first-order valence-corrected chi connectivity index (χ1v) is 6.55. The van der Waals surface area contributed by atoms with E-state index in [9.17, 15) is 4.39 Å². The predicted molar refractivity (Wildman–Crippen MR) is 70.7 cm³/mol. The van der Waals surface area contributed by atoms with Gasteiger partial charge in [-0.05, 0) is 36.8 Å². The molecule has 3 rings (SSSR count). The van der Waals surface area contributed by atoms with Gasteiger partial charge < -0.3 is 10.3 Å². The van der Waals surface area contributed by atoms with Gasteiger partial charge in [-0.15, -0.1) is 0 Å². The molecule has 0 aliphatic heterocycles. The van der Waals surface area contributed by atoms with Crippen molar-refractivity contribution in [1.82, 2.24) is 9.55 Å². The highest BCUT2D eigenvalue weighted by molar-refractivity contribution is 5.78. The third-order valence-corrected chi connectivity index (χ3v) is 4.42. The lowest BCUT2D eigenvalue weighted by molar-refractivity contribution is 0.103. The summed E-state index contributed by atoms with van der Waals surface area (Å²) in [5, 5.41) is 0. The fourth-order valence-corrected chi connectivity index (χ4v) is 2.93. The molecule has 0 radical (unpaired) electrons. The molecule has 1 aliphatic carbocycles. The maximum atomic E-state index is 13.7. The summed E-state index contributed by atoms with van der Waals surface area (Å²) in [5.74, 6) is 0.131. The van der Waals surface area contributed by atoms with Crippen molar-refractivity contribution in [2.75, 3.05) is 5.73 Å². The standard InChI is InChI=1S/C14H18FN3/c1-2-14(7-4-8-14)9-18-11-6-3-5-10(15)12(11)17-13(18)16/h3,5-6H,2,4,7-9H2,1H3,(H2,16,17). The second kappa shape index (κ2) is 3.97. The van der Waals surface area contributed by atoms with Crippen LogP contribution in [0, 0.1) is 11.2 Å². The number of nitrogen functional groups attached to an aromatic ring is 1. The molecule has 2 N–H and O–H groups in total. The zero-order valence-electron chi connectivity index (χ0n) is 10.6. The summed E-state index contributed by atoms with van der Waals surface area (Å²) < 4.78 is 15.6. The van der Waals surface area contributed by atoms with Crippen LogP contribution >= 0.6 is 0 Å². The fourth-order valence-electron chi connectivity index (χ4n) is 2.93. The normalized spacial score (nSPS) is 17.9. The molecule has 1 saturated carbocycles. The van der Waals surface area contributed by atoms with E-state index in [-0.39, 0.29) is 5.82 Å². The zero-order chi connectivity index (χ0) is 12.8. The van der Waals surface area contributed by atoms with Gasteiger partial charge in [0, 0.05) is 6.54 Å². The van der Waals surface area contributed by atoms with Gasteiger partial charge >= 0.3 is 0 Å². The van der Waals surface area contributed by atoms with Crippen LogP contribution in [0.15, 0.2) is 18.2 Å². The van der Waals surface area contributed by atoms with Crippen LogP contribution in [0.2, 0.25) is 0 Å². The molecule has 0 saturated heterocycles. The SMILES string of the molecule is CCC1(Cn2c(N)nc3c(F)cccc32)CCC1. The Kier molecular flexibility index (Phi) is 2.54. The third kappa shape index (κ3) is 1.59. The molecule has 0 amide bonds. The maximum Gasteiger partial charge on any atom is 0.201 e. The number of imidazole rings is 1. The fraction of sp³-hybridized carbons (Fsp3) is 0.500. The monoisotopic (exact) mass is 247 g/mol. The Morgan fingerprint density at radius 3 is 2.83 bits per heavy atom. The van der Waals surface area contributed by atoms with E-state index < -0.39 is 0 Å². The van der Waals surface area contributed by atoms with Crippen LogP contribution in [0.1, 0.15) is 32.6 Å². The Labute approximate surface area is 106 Å². The largest absolute Gasteiger partial charge is 0.369 e. The number of hydrogen-bond donors (Lipinski definition) is 1. The molecule has 0 spiro atoms. The van der Waals surface area contributed by atoms with Crippen molar-refractivity contribution in [2.24, 2.45) is 5.41 Å². The van der Waals surface area contributed by atoms with E-state index in [2.05, 4.69) is 11.9 Å². The van der Waals surface area contributed by atoms with Crippen molar-refractivity contribution in [1.29, 1.82) is 0 Å². The molecule has 18 heavy (non-hydrogen) atoms. The smallest absolute Gasteiger partial charge is 0.201 e. The molecular weight excluding hydrogens is 229 g/mol. The average molecular weight is 247 g/mol. The van der Waals surface area contributed by atoms with Crippen LogP contribution < -0.4 is 5.73 Å². The van der Waals surface area contributed by atoms with E-state index in [1.807, 2.05) is 10.6 Å². The lowest BCUT2D eigenvalue weighted by atomic mass is 9.67. The molecule has 0 unspecified atom stereocenters. The minimum atomic E-state index is -0.294. The molecule has 3 nitrogen and oxygen atoms in total. The molecule has 96 valence electrons. The van der Waals surface area contributed by atoms with E-state index in [1.54, 1.807) is 6.07 Å². The lowest BCUT2D eigenvalue weighted by Gasteiger charge is -2.41. The molecule has 4 heteroatoms. The van der Waals surface area contributed by atoms with Crippen LogP contribution in [-0.4, -0.2) is 9.55 Å². The summed E-state index contributed by atoms with van der Waals surface area (Å²) in [7, 11) is 0. The Balaban J connectivity index is 2.06. The van der Waals surface area contributed by atoms with Gasteiger partial charge in [-0.1, -0.05) is 19.4 Å². The van der Waals surface area contributed by atoms with Gasteiger partial charge in [0.25, 0.3) is 0 Å². The van der Waals surface area contributed by atoms with E-state index in [4.69, 9.17) is 5.73 Å². The molecule has 1 aromatic carbocycles. The van der Waals surface area contributed by atoms with Crippen molar-refractivity contribution in [2.45, 2.75) is 39.2 Å². The maximum absolute atomic E-state index is 13.7. The molecule has 1 heterocycles. The van der Waals surface area contributed by atoms with Crippen molar-refractivity contribution in [3.63, 3.8) is 0 Å². The highest BCUT2D eigenvalue weighted by Gasteiger charge is 2.36. The first-order valence-electron chi connectivity index (χ1n) is 6.55. The summed E-state index contributed by atoms with van der Waals surface area (Å²) in [6.45, 7) is 3.07. The molecule has 1 fully saturated rings. The van der Waals surface area contributed by atoms with Gasteiger partial charge in [0.2, 0.25) is 5.95 Å². The van der Waals surface area contributed by atoms with Crippen LogP contribution in [0.4, 0.5) is 10.3 Å². The van der Waals surface area contributed by atoms with Crippen LogP contribution in [-0.2, 0) is 6.54 Å². The van der Waals surface area contributed by atoms with E-state index in [0.29, 0.717) is 16.9 Å². The minimum Gasteiger partial charge on any atom is -0.369 e. The number of para-hydroxylation sites is 1. The Bertz CT molecular complexity index is 578. The topological polar surface area (TPSA) is 43.8 Å². The van der Waals surface area contributed by atoms with Gasteiger partial charge in [0.1, 0.15) is 5.52 Å². The summed E-state index contributed by atoms with van der Waals surface area (Å²) in [4.78, 5) is 4.16.